The molecule has 8 heteroatoms. The van der Waals surface area contributed by atoms with Crippen LogP contribution in [0.3, 0.4) is 0 Å². The van der Waals surface area contributed by atoms with Crippen LogP contribution in [0, 0.1) is 18.3 Å². The summed E-state index contributed by atoms with van der Waals surface area (Å²) in [6, 6.07) is 6.01. The second-order valence-electron chi connectivity index (χ2n) is 5.01. The molecule has 5 nitrogen and oxygen atoms in total. The summed E-state index contributed by atoms with van der Waals surface area (Å²) in [5, 5.41) is 9.44. The van der Waals surface area contributed by atoms with Crippen molar-refractivity contribution in [1.82, 2.24) is 4.98 Å². The number of aromatic nitrogens is 1. The molecule has 0 saturated heterocycles. The average molecular weight is 350 g/mol. The highest BCUT2D eigenvalue weighted by molar-refractivity contribution is 6.00. The number of esters is 1. The highest BCUT2D eigenvalue weighted by atomic mass is 19.4. The zero-order valence-corrected chi connectivity index (χ0v) is 13.6. The molecule has 1 aromatic carbocycles. The molecule has 130 valence electrons. The summed E-state index contributed by atoms with van der Waals surface area (Å²) in [4.78, 5) is 16.2. The molecule has 0 amide bonds. The van der Waals surface area contributed by atoms with Crippen molar-refractivity contribution in [2.45, 2.75) is 13.1 Å². The van der Waals surface area contributed by atoms with Crippen LogP contribution in [0.5, 0.6) is 5.88 Å². The molecule has 0 fully saturated rings. The number of rotatable bonds is 3. The number of ether oxygens (including phenoxy) is 2. The Balaban J connectivity index is 2.80. The Kier molecular flexibility index (Phi) is 4.97. The highest BCUT2D eigenvalue weighted by Crippen LogP contribution is 2.36. The summed E-state index contributed by atoms with van der Waals surface area (Å²) in [5.41, 5.74) is -0.307. The Morgan fingerprint density at radius 3 is 2.24 bits per heavy atom. The molecule has 0 atom stereocenters. The van der Waals surface area contributed by atoms with E-state index >= 15 is 0 Å². The molecule has 1 heterocycles. The van der Waals surface area contributed by atoms with E-state index < -0.39 is 17.7 Å². The zero-order valence-electron chi connectivity index (χ0n) is 13.6. The molecule has 0 spiro atoms. The van der Waals surface area contributed by atoms with Crippen molar-refractivity contribution in [3.05, 3.63) is 46.6 Å². The summed E-state index contributed by atoms with van der Waals surface area (Å²) in [7, 11) is 2.46. The van der Waals surface area contributed by atoms with Gasteiger partial charge in [-0.3, -0.25) is 0 Å². The number of pyridine rings is 1. The third-order valence-electron chi connectivity index (χ3n) is 3.54. The molecule has 0 unspecified atom stereocenters. The Hall–Kier alpha value is -3.08. The number of carbonyl (C=O) groups excluding carboxylic acids is 1. The van der Waals surface area contributed by atoms with E-state index in [-0.39, 0.29) is 33.8 Å². The topological polar surface area (TPSA) is 72.2 Å². The Bertz CT molecular complexity index is 853. The lowest BCUT2D eigenvalue weighted by atomic mass is 9.94. The summed E-state index contributed by atoms with van der Waals surface area (Å²) < 4.78 is 48.0. The molecular weight excluding hydrogens is 337 g/mol. The second kappa shape index (κ2) is 6.81. The van der Waals surface area contributed by atoms with Crippen molar-refractivity contribution >= 4 is 5.97 Å². The van der Waals surface area contributed by atoms with Crippen LogP contribution in [0.15, 0.2) is 24.3 Å². The number of hydrogen-bond acceptors (Lipinski definition) is 5. The molecule has 2 aromatic rings. The van der Waals surface area contributed by atoms with Crippen molar-refractivity contribution < 1.29 is 27.4 Å². The number of hydrogen-bond donors (Lipinski definition) is 0. The SMILES string of the molecule is COC(=O)c1c(C)nc(OC)c(C#N)c1-c1ccc(C(F)(F)F)cc1. The van der Waals surface area contributed by atoms with Gasteiger partial charge in [0.1, 0.15) is 11.6 Å². The van der Waals surface area contributed by atoms with Crippen molar-refractivity contribution in [3.63, 3.8) is 0 Å². The molecule has 0 N–H and O–H groups in total. The molecule has 0 aliphatic rings. The number of methoxy groups -OCH3 is 2. The van der Waals surface area contributed by atoms with Gasteiger partial charge in [0.15, 0.2) is 0 Å². The number of benzene rings is 1. The molecule has 25 heavy (non-hydrogen) atoms. The fourth-order valence-corrected chi connectivity index (χ4v) is 2.39. The predicted molar refractivity (Wildman–Crippen MR) is 82.0 cm³/mol. The fourth-order valence-electron chi connectivity index (χ4n) is 2.39. The number of nitriles is 1. The van der Waals surface area contributed by atoms with Gasteiger partial charge in [0.2, 0.25) is 5.88 Å². The summed E-state index contributed by atoms with van der Waals surface area (Å²) in [6.45, 7) is 1.52. The van der Waals surface area contributed by atoms with E-state index in [0.29, 0.717) is 0 Å². The first-order chi connectivity index (χ1) is 11.7. The zero-order chi connectivity index (χ0) is 18.8. The van der Waals surface area contributed by atoms with E-state index in [4.69, 9.17) is 9.47 Å². The van der Waals surface area contributed by atoms with Gasteiger partial charge in [-0.05, 0) is 24.6 Å². The van der Waals surface area contributed by atoms with Crippen LogP contribution in [0.25, 0.3) is 11.1 Å². The van der Waals surface area contributed by atoms with Crippen molar-refractivity contribution in [2.24, 2.45) is 0 Å². The smallest absolute Gasteiger partial charge is 0.416 e. The monoisotopic (exact) mass is 350 g/mol. The molecule has 1 aromatic heterocycles. The van der Waals surface area contributed by atoms with Gasteiger partial charge < -0.3 is 9.47 Å². The van der Waals surface area contributed by atoms with Gasteiger partial charge in [0.05, 0.1) is 31.0 Å². The predicted octanol–water partition coefficient (Wildman–Crippen LogP) is 3.74. The van der Waals surface area contributed by atoms with E-state index in [2.05, 4.69) is 4.98 Å². The standard InChI is InChI=1S/C17H13F3N2O3/c1-9-13(16(23)25-3)14(12(8-21)15(22-9)24-2)10-4-6-11(7-5-10)17(18,19)20/h4-7H,1-3H3. The van der Waals surface area contributed by atoms with Gasteiger partial charge in [-0.15, -0.1) is 0 Å². The van der Waals surface area contributed by atoms with E-state index in [1.54, 1.807) is 0 Å². The first kappa shape index (κ1) is 18.3. The van der Waals surface area contributed by atoms with Crippen LogP contribution < -0.4 is 4.74 Å². The van der Waals surface area contributed by atoms with Crippen molar-refractivity contribution in [1.29, 1.82) is 5.26 Å². The quantitative estimate of drug-likeness (QED) is 0.789. The maximum Gasteiger partial charge on any atom is 0.416 e. The average Bonchev–Trinajstić information content (AvgIpc) is 2.59. The minimum absolute atomic E-state index is 0.000362. The molecular formula is C17H13F3N2O3. The summed E-state index contributed by atoms with van der Waals surface area (Å²) >= 11 is 0. The maximum absolute atomic E-state index is 12.8. The van der Waals surface area contributed by atoms with Crippen LogP contribution >= 0.6 is 0 Å². The second-order valence-corrected chi connectivity index (χ2v) is 5.01. The van der Waals surface area contributed by atoms with Gasteiger partial charge >= 0.3 is 12.1 Å². The minimum Gasteiger partial charge on any atom is -0.480 e. The van der Waals surface area contributed by atoms with Gasteiger partial charge in [-0.25, -0.2) is 9.78 Å². The van der Waals surface area contributed by atoms with E-state index in [0.717, 1.165) is 19.2 Å². The number of carbonyl (C=O) groups is 1. The van der Waals surface area contributed by atoms with Gasteiger partial charge in [0, 0.05) is 5.56 Å². The maximum atomic E-state index is 12.8. The van der Waals surface area contributed by atoms with E-state index in [1.807, 2.05) is 6.07 Å². The first-order valence-corrected chi connectivity index (χ1v) is 6.99. The Morgan fingerprint density at radius 1 is 1.20 bits per heavy atom. The van der Waals surface area contributed by atoms with Crippen molar-refractivity contribution in [2.75, 3.05) is 14.2 Å². The number of halogens is 3. The summed E-state index contributed by atoms with van der Waals surface area (Å²) in [6.07, 6.45) is -4.49. The lowest BCUT2D eigenvalue weighted by Gasteiger charge is -2.15. The van der Waals surface area contributed by atoms with E-state index in [1.165, 1.54) is 26.2 Å². The largest absolute Gasteiger partial charge is 0.480 e. The minimum atomic E-state index is -4.49. The van der Waals surface area contributed by atoms with Gasteiger partial charge in [-0.2, -0.15) is 18.4 Å². The third-order valence-corrected chi connectivity index (χ3v) is 3.54. The van der Waals surface area contributed by atoms with Gasteiger partial charge in [-0.1, -0.05) is 12.1 Å². The summed E-state index contributed by atoms with van der Waals surface area (Å²) in [5.74, 6) is -0.776. The Morgan fingerprint density at radius 2 is 1.80 bits per heavy atom. The van der Waals surface area contributed by atoms with Crippen LogP contribution in [0.2, 0.25) is 0 Å². The van der Waals surface area contributed by atoms with Crippen LogP contribution in [-0.2, 0) is 10.9 Å². The highest BCUT2D eigenvalue weighted by Gasteiger charge is 2.31. The van der Waals surface area contributed by atoms with Crippen LogP contribution in [-0.4, -0.2) is 25.2 Å². The fraction of sp³-hybridized carbons (Fsp3) is 0.235. The normalized spacial score (nSPS) is 10.9. The van der Waals surface area contributed by atoms with Crippen LogP contribution in [0.4, 0.5) is 13.2 Å². The molecule has 0 aliphatic heterocycles. The van der Waals surface area contributed by atoms with Gasteiger partial charge in [0.25, 0.3) is 0 Å². The number of nitrogens with zero attached hydrogens (tertiary/aromatic N) is 2. The third kappa shape index (κ3) is 3.40. The molecule has 0 saturated carbocycles. The Labute approximate surface area is 141 Å². The molecule has 0 bridgehead atoms. The molecule has 2 rings (SSSR count). The lowest BCUT2D eigenvalue weighted by molar-refractivity contribution is -0.137. The van der Waals surface area contributed by atoms with E-state index in [9.17, 15) is 23.2 Å². The molecule has 0 radical (unpaired) electrons. The molecule has 0 aliphatic carbocycles. The lowest BCUT2D eigenvalue weighted by Crippen LogP contribution is -2.11. The number of aryl methyl sites for hydroxylation is 1. The van der Waals surface area contributed by atoms with Crippen molar-refractivity contribution in [3.8, 4) is 23.1 Å². The van der Waals surface area contributed by atoms with Crippen LogP contribution in [0.1, 0.15) is 27.2 Å². The first-order valence-electron chi connectivity index (χ1n) is 6.99. The number of alkyl halides is 3.